The van der Waals surface area contributed by atoms with Crippen molar-refractivity contribution in [3.05, 3.63) is 29.8 Å². The number of ether oxygens (including phenoxy) is 2. The second-order valence-electron chi connectivity index (χ2n) is 4.82. The molecule has 0 saturated carbocycles. The lowest BCUT2D eigenvalue weighted by Gasteiger charge is -2.20. The number of nitrogens with two attached hydrogens (primary N) is 1. The van der Waals surface area contributed by atoms with E-state index >= 15 is 0 Å². The summed E-state index contributed by atoms with van der Waals surface area (Å²) in [4.78, 5) is 2.34. The van der Waals surface area contributed by atoms with Gasteiger partial charge < -0.3 is 25.2 Å². The molecule has 1 atom stereocenters. The Morgan fingerprint density at radius 2 is 2.24 bits per heavy atom. The largest absolute Gasteiger partial charge is 0.491 e. The summed E-state index contributed by atoms with van der Waals surface area (Å²) in [5.74, 6) is 0.649. The zero-order chi connectivity index (χ0) is 15.7. The van der Waals surface area contributed by atoms with Gasteiger partial charge in [0.15, 0.2) is 0 Å². The molecule has 1 aromatic carbocycles. The van der Waals surface area contributed by atoms with E-state index in [1.165, 1.54) is 0 Å². The summed E-state index contributed by atoms with van der Waals surface area (Å²) in [5.41, 5.74) is 6.33. The maximum atomic E-state index is 9.96. The van der Waals surface area contributed by atoms with Gasteiger partial charge in [0, 0.05) is 25.3 Å². The molecule has 3 N–H and O–H groups in total. The number of benzene rings is 1. The first kappa shape index (κ1) is 17.8. The van der Waals surface area contributed by atoms with E-state index in [0.29, 0.717) is 30.5 Å². The highest BCUT2D eigenvalue weighted by Crippen LogP contribution is 2.13. The van der Waals surface area contributed by atoms with Crippen LogP contribution in [0.5, 0.6) is 5.75 Å². The van der Waals surface area contributed by atoms with Crippen molar-refractivity contribution >= 4 is 17.2 Å². The van der Waals surface area contributed by atoms with Gasteiger partial charge >= 0.3 is 0 Å². The minimum absolute atomic E-state index is 0.222. The van der Waals surface area contributed by atoms with Gasteiger partial charge in [-0.2, -0.15) is 0 Å². The van der Waals surface area contributed by atoms with Gasteiger partial charge in [-0.25, -0.2) is 0 Å². The van der Waals surface area contributed by atoms with Gasteiger partial charge in [-0.3, -0.25) is 0 Å². The molecule has 6 heteroatoms. The van der Waals surface area contributed by atoms with Crippen LogP contribution in [-0.4, -0.2) is 61.1 Å². The van der Waals surface area contributed by atoms with Gasteiger partial charge in [0.25, 0.3) is 0 Å². The van der Waals surface area contributed by atoms with E-state index in [2.05, 4.69) is 0 Å². The van der Waals surface area contributed by atoms with Crippen molar-refractivity contribution in [3.63, 3.8) is 0 Å². The summed E-state index contributed by atoms with van der Waals surface area (Å²) in [6.07, 6.45) is -0.565. The Morgan fingerprint density at radius 3 is 2.90 bits per heavy atom. The van der Waals surface area contributed by atoms with Crippen molar-refractivity contribution in [2.75, 3.05) is 40.0 Å². The van der Waals surface area contributed by atoms with Crippen LogP contribution in [0.25, 0.3) is 0 Å². The minimum Gasteiger partial charge on any atom is -0.491 e. The third-order valence-electron chi connectivity index (χ3n) is 2.90. The zero-order valence-corrected chi connectivity index (χ0v) is 13.4. The minimum atomic E-state index is -0.565. The second kappa shape index (κ2) is 9.68. The van der Waals surface area contributed by atoms with Crippen LogP contribution in [0.1, 0.15) is 12.5 Å². The zero-order valence-electron chi connectivity index (χ0n) is 12.6. The standard InChI is InChI=1S/C15H24N2O3S/c1-3-19-8-7-17(2)10-13(18)11-20-14-6-4-5-12(9-14)15(16)21/h4-6,9,13,18H,3,7-8,10-11H2,1-2H3,(H2,16,21). The predicted molar refractivity (Wildman–Crippen MR) is 87.8 cm³/mol. The van der Waals surface area contributed by atoms with Crippen molar-refractivity contribution in [1.29, 1.82) is 0 Å². The molecule has 0 aromatic heterocycles. The number of hydrogen-bond acceptors (Lipinski definition) is 5. The molecular formula is C15H24N2O3S. The topological polar surface area (TPSA) is 68.0 Å². The molecule has 0 bridgehead atoms. The molecule has 0 aliphatic rings. The molecule has 0 aliphatic carbocycles. The Bertz CT molecular complexity index is 443. The molecule has 1 rings (SSSR count). The molecule has 0 aliphatic heterocycles. The fourth-order valence-corrected chi connectivity index (χ4v) is 1.93. The number of thiocarbonyl (C=S) groups is 1. The van der Waals surface area contributed by atoms with Crippen molar-refractivity contribution in [2.24, 2.45) is 5.73 Å². The van der Waals surface area contributed by atoms with Gasteiger partial charge in [0.1, 0.15) is 23.4 Å². The molecule has 0 saturated heterocycles. The summed E-state index contributed by atoms with van der Waals surface area (Å²) < 4.78 is 10.8. The SMILES string of the molecule is CCOCCN(C)CC(O)COc1cccc(C(N)=S)c1. The van der Waals surface area contributed by atoms with Crippen LogP contribution < -0.4 is 10.5 Å². The molecule has 0 fully saturated rings. The van der Waals surface area contributed by atoms with Gasteiger partial charge in [0.2, 0.25) is 0 Å². The number of aliphatic hydroxyl groups excluding tert-OH is 1. The first-order valence-electron chi connectivity index (χ1n) is 7.00. The maximum Gasteiger partial charge on any atom is 0.120 e. The highest BCUT2D eigenvalue weighted by molar-refractivity contribution is 7.80. The summed E-state index contributed by atoms with van der Waals surface area (Å²) >= 11 is 4.92. The number of hydrogen-bond donors (Lipinski definition) is 2. The molecule has 0 spiro atoms. The summed E-state index contributed by atoms with van der Waals surface area (Å²) in [7, 11) is 1.94. The Labute approximate surface area is 131 Å². The Morgan fingerprint density at radius 1 is 1.48 bits per heavy atom. The van der Waals surface area contributed by atoms with Crippen LogP contribution >= 0.6 is 12.2 Å². The Balaban J connectivity index is 2.33. The van der Waals surface area contributed by atoms with Crippen LogP contribution in [0.15, 0.2) is 24.3 Å². The van der Waals surface area contributed by atoms with Gasteiger partial charge in [-0.1, -0.05) is 24.4 Å². The number of rotatable bonds is 10. The third kappa shape index (κ3) is 7.38. The molecule has 1 aromatic rings. The quantitative estimate of drug-likeness (QED) is 0.497. The first-order chi connectivity index (χ1) is 10.0. The van der Waals surface area contributed by atoms with E-state index in [1.54, 1.807) is 6.07 Å². The smallest absolute Gasteiger partial charge is 0.120 e. The predicted octanol–water partition coefficient (Wildman–Crippen LogP) is 1.03. The average molecular weight is 312 g/mol. The van der Waals surface area contributed by atoms with Gasteiger partial charge in [0.05, 0.1) is 6.61 Å². The highest BCUT2D eigenvalue weighted by Gasteiger charge is 2.09. The summed E-state index contributed by atoms with van der Waals surface area (Å²) in [5, 5.41) is 9.96. The van der Waals surface area contributed by atoms with E-state index in [9.17, 15) is 5.11 Å². The molecule has 1 unspecified atom stereocenters. The van der Waals surface area contributed by atoms with E-state index in [-0.39, 0.29) is 6.61 Å². The summed E-state index contributed by atoms with van der Waals surface area (Å²) in [6.45, 7) is 4.86. The van der Waals surface area contributed by atoms with Crippen LogP contribution in [0, 0.1) is 0 Å². The molecule has 118 valence electrons. The molecule has 0 radical (unpaired) electrons. The third-order valence-corrected chi connectivity index (χ3v) is 3.14. The van der Waals surface area contributed by atoms with E-state index in [4.69, 9.17) is 27.4 Å². The summed E-state index contributed by atoms with van der Waals surface area (Å²) in [6, 6.07) is 7.23. The van der Waals surface area contributed by atoms with Crippen LogP contribution in [0.4, 0.5) is 0 Å². The molecule has 5 nitrogen and oxygen atoms in total. The van der Waals surface area contributed by atoms with Gasteiger partial charge in [-0.15, -0.1) is 0 Å². The number of likely N-dealkylation sites (N-methyl/N-ethyl adjacent to an activating group) is 1. The molecule has 0 amide bonds. The maximum absolute atomic E-state index is 9.96. The monoisotopic (exact) mass is 312 g/mol. The second-order valence-corrected chi connectivity index (χ2v) is 5.26. The van der Waals surface area contributed by atoms with Crippen molar-refractivity contribution < 1.29 is 14.6 Å². The Hall–Kier alpha value is -1.21. The normalized spacial score (nSPS) is 12.4. The fraction of sp³-hybridized carbons (Fsp3) is 0.533. The lowest BCUT2D eigenvalue weighted by Crippen LogP contribution is -2.35. The fourth-order valence-electron chi connectivity index (χ4n) is 1.80. The van der Waals surface area contributed by atoms with Gasteiger partial charge in [-0.05, 0) is 26.1 Å². The van der Waals surface area contributed by atoms with Crippen molar-refractivity contribution in [3.8, 4) is 5.75 Å². The number of aliphatic hydroxyl groups is 1. The van der Waals surface area contributed by atoms with Crippen LogP contribution in [0.2, 0.25) is 0 Å². The van der Waals surface area contributed by atoms with Crippen molar-refractivity contribution in [2.45, 2.75) is 13.0 Å². The van der Waals surface area contributed by atoms with E-state index < -0.39 is 6.10 Å². The molecule has 0 heterocycles. The average Bonchev–Trinajstić information content (AvgIpc) is 2.45. The van der Waals surface area contributed by atoms with E-state index in [1.807, 2.05) is 37.1 Å². The molecular weight excluding hydrogens is 288 g/mol. The first-order valence-corrected chi connectivity index (χ1v) is 7.40. The lowest BCUT2D eigenvalue weighted by atomic mass is 10.2. The number of nitrogens with zero attached hydrogens (tertiary/aromatic N) is 1. The van der Waals surface area contributed by atoms with Crippen molar-refractivity contribution in [1.82, 2.24) is 4.90 Å². The van der Waals surface area contributed by atoms with Crippen LogP contribution in [-0.2, 0) is 4.74 Å². The van der Waals surface area contributed by atoms with E-state index in [0.717, 1.165) is 12.1 Å². The highest BCUT2D eigenvalue weighted by atomic mass is 32.1. The lowest BCUT2D eigenvalue weighted by molar-refractivity contribution is 0.0613. The Kier molecular flexibility index (Phi) is 8.22. The molecule has 21 heavy (non-hydrogen) atoms. The van der Waals surface area contributed by atoms with Crippen LogP contribution in [0.3, 0.4) is 0 Å².